The number of ether oxygens (including phenoxy) is 1. The second-order valence-electron chi connectivity index (χ2n) is 6.57. The lowest BCUT2D eigenvalue weighted by molar-refractivity contribution is -0.113. The largest absolute Gasteiger partial charge is 0.487 e. The number of carbonyl (C=O) groups excluding carboxylic acids is 2. The van der Waals surface area contributed by atoms with Crippen molar-refractivity contribution in [2.24, 2.45) is 0 Å². The number of imide groups is 1. The molecule has 0 N–H and O–H groups in total. The van der Waals surface area contributed by atoms with Crippen molar-refractivity contribution in [3.63, 3.8) is 0 Å². The lowest BCUT2D eigenvalue weighted by Crippen LogP contribution is -2.27. The average Bonchev–Trinajstić information content (AvgIpc) is 3.02. The molecule has 0 unspecified atom stereocenters. The Morgan fingerprint density at radius 3 is 2.42 bits per heavy atom. The molecular weight excluding hydrogens is 521 g/mol. The number of hydrogen-bond acceptors (Lipinski definition) is 4. The van der Waals surface area contributed by atoms with Crippen LogP contribution in [0, 0.1) is 0 Å². The summed E-state index contributed by atoms with van der Waals surface area (Å²) >= 11 is 16.8. The Kier molecular flexibility index (Phi) is 6.72. The minimum Gasteiger partial charge on any atom is -0.487 e. The van der Waals surface area contributed by atoms with Crippen molar-refractivity contribution in [3.8, 4) is 5.75 Å². The van der Waals surface area contributed by atoms with Crippen molar-refractivity contribution < 1.29 is 14.3 Å². The van der Waals surface area contributed by atoms with E-state index in [9.17, 15) is 9.59 Å². The molecule has 0 atom stereocenters. The minimum atomic E-state index is -0.421. The van der Waals surface area contributed by atoms with Crippen LogP contribution in [0.3, 0.4) is 0 Å². The normalized spacial score (nSPS) is 15.1. The van der Waals surface area contributed by atoms with Gasteiger partial charge in [-0.1, -0.05) is 69.5 Å². The van der Waals surface area contributed by atoms with Crippen LogP contribution in [-0.2, 0) is 11.4 Å². The topological polar surface area (TPSA) is 46.6 Å². The van der Waals surface area contributed by atoms with Crippen molar-refractivity contribution in [2.45, 2.75) is 6.61 Å². The predicted octanol–water partition coefficient (Wildman–Crippen LogP) is 7.58. The number of amides is 2. The van der Waals surface area contributed by atoms with E-state index in [1.807, 2.05) is 24.3 Å². The van der Waals surface area contributed by atoms with Crippen LogP contribution >= 0.6 is 50.9 Å². The molecule has 1 fully saturated rings. The molecule has 1 saturated heterocycles. The number of anilines is 1. The second-order valence-corrected chi connectivity index (χ2v) is 9.30. The maximum absolute atomic E-state index is 12.8. The van der Waals surface area contributed by atoms with E-state index in [0.717, 1.165) is 26.7 Å². The highest BCUT2D eigenvalue weighted by Gasteiger charge is 2.37. The van der Waals surface area contributed by atoms with Crippen LogP contribution in [-0.4, -0.2) is 11.1 Å². The van der Waals surface area contributed by atoms with Gasteiger partial charge in [0.1, 0.15) is 12.4 Å². The maximum Gasteiger partial charge on any atom is 0.298 e. The fourth-order valence-electron chi connectivity index (χ4n) is 2.93. The molecule has 8 heteroatoms. The Balaban J connectivity index is 1.50. The fourth-order valence-corrected chi connectivity index (χ4v) is 4.49. The summed E-state index contributed by atoms with van der Waals surface area (Å²) in [6.07, 6.45) is 1.63. The van der Waals surface area contributed by atoms with Crippen molar-refractivity contribution in [2.75, 3.05) is 4.90 Å². The van der Waals surface area contributed by atoms with Crippen molar-refractivity contribution in [3.05, 3.63) is 97.3 Å². The third-order valence-electron chi connectivity index (χ3n) is 4.45. The zero-order chi connectivity index (χ0) is 22.0. The van der Waals surface area contributed by atoms with Crippen LogP contribution in [0.4, 0.5) is 10.5 Å². The van der Waals surface area contributed by atoms with Crippen LogP contribution in [0.15, 0.2) is 76.1 Å². The van der Waals surface area contributed by atoms with Crippen LogP contribution < -0.4 is 9.64 Å². The first-order valence-electron chi connectivity index (χ1n) is 9.11. The van der Waals surface area contributed by atoms with Gasteiger partial charge in [0.15, 0.2) is 0 Å². The van der Waals surface area contributed by atoms with E-state index >= 15 is 0 Å². The number of halogens is 3. The zero-order valence-electron chi connectivity index (χ0n) is 15.8. The molecule has 3 aromatic rings. The van der Waals surface area contributed by atoms with Crippen LogP contribution in [0.1, 0.15) is 11.1 Å². The van der Waals surface area contributed by atoms with Gasteiger partial charge in [-0.2, -0.15) is 0 Å². The average molecular weight is 535 g/mol. The number of hydrogen-bond donors (Lipinski definition) is 0. The van der Waals surface area contributed by atoms with Crippen LogP contribution in [0.25, 0.3) is 6.08 Å². The highest BCUT2D eigenvalue weighted by Crippen LogP contribution is 2.39. The standard InChI is InChI=1S/C23H14BrCl2NO3S/c24-16-8-5-14(6-9-16)13-30-20-10-7-15(11-18(20)26)12-21-22(28)27(23(29)31-21)19-4-2-1-3-17(19)25/h1-12H,13H2/b21-12-. The Bertz CT molecular complexity index is 1200. The molecule has 0 aromatic heterocycles. The summed E-state index contributed by atoms with van der Waals surface area (Å²) in [5.74, 6) is 0.112. The lowest BCUT2D eigenvalue weighted by atomic mass is 10.2. The highest BCUT2D eigenvalue weighted by atomic mass is 79.9. The number of rotatable bonds is 5. The Morgan fingerprint density at radius 2 is 1.71 bits per heavy atom. The molecule has 2 amide bonds. The molecule has 4 nitrogen and oxygen atoms in total. The molecule has 31 heavy (non-hydrogen) atoms. The van der Waals surface area contributed by atoms with Gasteiger partial charge in [-0.3, -0.25) is 9.59 Å². The molecule has 156 valence electrons. The van der Waals surface area contributed by atoms with E-state index in [2.05, 4.69) is 15.9 Å². The van der Waals surface area contributed by atoms with E-state index in [1.54, 1.807) is 48.5 Å². The van der Waals surface area contributed by atoms with Gasteiger partial charge in [0.25, 0.3) is 11.1 Å². The van der Waals surface area contributed by atoms with E-state index in [0.29, 0.717) is 38.6 Å². The summed E-state index contributed by atoms with van der Waals surface area (Å²) in [6, 6.07) is 19.8. The zero-order valence-corrected chi connectivity index (χ0v) is 19.8. The van der Waals surface area contributed by atoms with Gasteiger partial charge in [-0.05, 0) is 65.4 Å². The third kappa shape index (κ3) is 4.99. The molecule has 3 aromatic carbocycles. The lowest BCUT2D eigenvalue weighted by Gasteiger charge is -2.13. The number of nitrogens with zero attached hydrogens (tertiary/aromatic N) is 1. The first-order chi connectivity index (χ1) is 14.9. The molecular formula is C23H14BrCl2NO3S. The molecule has 1 heterocycles. The number of thioether (sulfide) groups is 1. The van der Waals surface area contributed by atoms with Crippen LogP contribution in [0.2, 0.25) is 10.0 Å². The number of carbonyl (C=O) groups is 2. The molecule has 1 aliphatic rings. The summed E-state index contributed by atoms with van der Waals surface area (Å²) in [4.78, 5) is 26.6. The molecule has 0 aliphatic carbocycles. The molecule has 1 aliphatic heterocycles. The van der Waals surface area contributed by atoms with E-state index in [1.165, 1.54) is 0 Å². The van der Waals surface area contributed by atoms with E-state index in [4.69, 9.17) is 27.9 Å². The summed E-state index contributed by atoms with van der Waals surface area (Å²) in [7, 11) is 0. The third-order valence-corrected chi connectivity index (χ3v) is 6.46. The summed E-state index contributed by atoms with van der Waals surface area (Å²) in [5, 5.41) is 0.350. The Labute approximate surface area is 201 Å². The predicted molar refractivity (Wildman–Crippen MR) is 130 cm³/mol. The summed E-state index contributed by atoms with van der Waals surface area (Å²) in [5.41, 5.74) is 2.06. The fraction of sp³-hybridized carbons (Fsp3) is 0.0435. The number of para-hydroxylation sites is 1. The van der Waals surface area contributed by atoms with Crippen molar-refractivity contribution in [1.29, 1.82) is 0 Å². The Hall–Kier alpha value is -2.25. The minimum absolute atomic E-state index is 0.296. The monoisotopic (exact) mass is 533 g/mol. The van der Waals surface area contributed by atoms with Crippen molar-refractivity contribution >= 4 is 73.8 Å². The Morgan fingerprint density at radius 1 is 0.968 bits per heavy atom. The van der Waals surface area contributed by atoms with Gasteiger partial charge >= 0.3 is 0 Å². The quantitative estimate of drug-likeness (QED) is 0.316. The molecule has 0 saturated carbocycles. The second kappa shape index (κ2) is 9.49. The smallest absolute Gasteiger partial charge is 0.298 e. The van der Waals surface area contributed by atoms with Crippen LogP contribution in [0.5, 0.6) is 5.75 Å². The van der Waals surface area contributed by atoms with Gasteiger partial charge in [0, 0.05) is 4.47 Å². The van der Waals surface area contributed by atoms with Gasteiger partial charge < -0.3 is 4.74 Å². The molecule has 4 rings (SSSR count). The van der Waals surface area contributed by atoms with Gasteiger partial charge in [-0.25, -0.2) is 4.90 Å². The first-order valence-corrected chi connectivity index (χ1v) is 11.5. The van der Waals surface area contributed by atoms with E-state index in [-0.39, 0.29) is 0 Å². The maximum atomic E-state index is 12.8. The molecule has 0 spiro atoms. The van der Waals surface area contributed by atoms with Crippen molar-refractivity contribution in [1.82, 2.24) is 0 Å². The molecule has 0 bridgehead atoms. The molecule has 0 radical (unpaired) electrons. The van der Waals surface area contributed by atoms with Gasteiger partial charge in [0.05, 0.1) is 20.6 Å². The summed E-state index contributed by atoms with van der Waals surface area (Å²) in [6.45, 7) is 0.378. The SMILES string of the molecule is O=C1S/C(=C\c2ccc(OCc3ccc(Br)cc3)c(Cl)c2)C(=O)N1c1ccccc1Cl. The first kappa shape index (κ1) is 22.0. The van der Waals surface area contributed by atoms with Gasteiger partial charge in [-0.15, -0.1) is 0 Å². The highest BCUT2D eigenvalue weighted by molar-refractivity contribution is 9.10. The van der Waals surface area contributed by atoms with Gasteiger partial charge in [0.2, 0.25) is 0 Å². The van der Waals surface area contributed by atoms with E-state index < -0.39 is 11.1 Å². The summed E-state index contributed by atoms with van der Waals surface area (Å²) < 4.78 is 6.79. The number of benzene rings is 3.